The Morgan fingerprint density at radius 1 is 0.958 bits per heavy atom. The average Bonchev–Trinajstić information content (AvgIpc) is 2.55. The lowest BCUT2D eigenvalue weighted by atomic mass is 10.0. The number of nitro groups is 1. The van der Waals surface area contributed by atoms with Crippen LogP contribution in [0.1, 0.15) is 25.3 Å². The molecule has 0 unspecified atom stereocenters. The minimum absolute atomic E-state index is 0.0942. The van der Waals surface area contributed by atoms with Crippen molar-refractivity contribution in [2.45, 2.75) is 19.8 Å². The first kappa shape index (κ1) is 17.1. The molecule has 24 heavy (non-hydrogen) atoms. The Morgan fingerprint density at radius 2 is 1.54 bits per heavy atom. The van der Waals surface area contributed by atoms with E-state index in [0.717, 1.165) is 5.56 Å². The zero-order valence-corrected chi connectivity index (χ0v) is 13.3. The van der Waals surface area contributed by atoms with Crippen LogP contribution >= 0.6 is 0 Å². The fraction of sp³-hybridized carbons (Fsp3) is 0.176. The van der Waals surface area contributed by atoms with Crippen molar-refractivity contribution in [1.82, 2.24) is 0 Å². The Hall–Kier alpha value is -3.22. The summed E-state index contributed by atoms with van der Waals surface area (Å²) in [6.45, 7) is 3.98. The summed E-state index contributed by atoms with van der Waals surface area (Å²) in [7, 11) is 0. The van der Waals surface area contributed by atoms with Crippen LogP contribution in [-0.2, 0) is 9.59 Å². The molecule has 0 heterocycles. The predicted molar refractivity (Wildman–Crippen MR) is 90.9 cm³/mol. The third kappa shape index (κ3) is 4.16. The number of carbonyl (C=O) groups excluding carboxylic acids is 2. The van der Waals surface area contributed by atoms with Crippen molar-refractivity contribution in [3.05, 3.63) is 64.2 Å². The lowest BCUT2D eigenvalue weighted by molar-refractivity contribution is -0.384. The van der Waals surface area contributed by atoms with E-state index >= 15 is 0 Å². The van der Waals surface area contributed by atoms with Crippen LogP contribution < -0.4 is 10.6 Å². The fourth-order valence-corrected chi connectivity index (χ4v) is 2.15. The molecule has 0 bridgehead atoms. The van der Waals surface area contributed by atoms with Crippen LogP contribution in [0.25, 0.3) is 0 Å². The molecule has 0 aliphatic carbocycles. The number of anilines is 2. The summed E-state index contributed by atoms with van der Waals surface area (Å²) in [5, 5.41) is 15.6. The van der Waals surface area contributed by atoms with E-state index < -0.39 is 16.7 Å². The van der Waals surface area contributed by atoms with Gasteiger partial charge in [-0.3, -0.25) is 19.7 Å². The molecule has 2 aromatic carbocycles. The lowest BCUT2D eigenvalue weighted by Crippen LogP contribution is -2.29. The van der Waals surface area contributed by atoms with Gasteiger partial charge in [-0.1, -0.05) is 32.0 Å². The normalized spacial score (nSPS) is 10.3. The SMILES string of the molecule is CC(C)c1ccccc1NC(=O)C(=O)Nc1ccc([N+](=O)[O-])cc1. The second-order valence-corrected chi connectivity index (χ2v) is 5.45. The van der Waals surface area contributed by atoms with Gasteiger partial charge < -0.3 is 10.6 Å². The summed E-state index contributed by atoms with van der Waals surface area (Å²) >= 11 is 0. The summed E-state index contributed by atoms with van der Waals surface area (Å²) in [6, 6.07) is 12.5. The van der Waals surface area contributed by atoms with Crippen molar-refractivity contribution >= 4 is 28.9 Å². The maximum absolute atomic E-state index is 12.0. The van der Waals surface area contributed by atoms with Crippen LogP contribution in [-0.4, -0.2) is 16.7 Å². The van der Waals surface area contributed by atoms with E-state index in [1.54, 1.807) is 12.1 Å². The van der Waals surface area contributed by atoms with Crippen LogP contribution in [0.2, 0.25) is 0 Å². The number of nitro benzene ring substituents is 1. The van der Waals surface area contributed by atoms with Gasteiger partial charge in [0.2, 0.25) is 0 Å². The van der Waals surface area contributed by atoms with E-state index in [-0.39, 0.29) is 11.6 Å². The maximum Gasteiger partial charge on any atom is 0.314 e. The standard InChI is InChI=1S/C17H17N3O4/c1-11(2)14-5-3-4-6-15(14)19-17(22)16(21)18-12-7-9-13(10-8-12)20(23)24/h3-11H,1-2H3,(H,18,21)(H,19,22). The molecule has 0 aliphatic rings. The predicted octanol–water partition coefficient (Wildman–Crippen LogP) is 3.30. The molecule has 0 saturated carbocycles. The number of hydrogen-bond acceptors (Lipinski definition) is 4. The van der Waals surface area contributed by atoms with Crippen LogP contribution in [0.4, 0.5) is 17.1 Å². The Kier molecular flexibility index (Phi) is 5.26. The second-order valence-electron chi connectivity index (χ2n) is 5.45. The Labute approximate surface area is 138 Å². The third-order valence-electron chi connectivity index (χ3n) is 3.37. The van der Waals surface area contributed by atoms with Crippen molar-refractivity contribution in [3.8, 4) is 0 Å². The quantitative estimate of drug-likeness (QED) is 0.511. The van der Waals surface area contributed by atoms with E-state index in [1.165, 1.54) is 24.3 Å². The molecule has 124 valence electrons. The van der Waals surface area contributed by atoms with Gasteiger partial charge in [0.1, 0.15) is 0 Å². The summed E-state index contributed by atoms with van der Waals surface area (Å²) in [6.07, 6.45) is 0. The van der Waals surface area contributed by atoms with Gasteiger partial charge in [0.25, 0.3) is 5.69 Å². The topological polar surface area (TPSA) is 101 Å². The van der Waals surface area contributed by atoms with Crippen molar-refractivity contribution in [2.75, 3.05) is 10.6 Å². The van der Waals surface area contributed by atoms with Gasteiger partial charge in [-0.25, -0.2) is 0 Å². The van der Waals surface area contributed by atoms with Crippen molar-refractivity contribution < 1.29 is 14.5 Å². The molecule has 7 nitrogen and oxygen atoms in total. The fourth-order valence-electron chi connectivity index (χ4n) is 2.15. The highest BCUT2D eigenvalue weighted by molar-refractivity contribution is 6.43. The third-order valence-corrected chi connectivity index (χ3v) is 3.37. The van der Waals surface area contributed by atoms with Gasteiger partial charge in [0.05, 0.1) is 4.92 Å². The first-order chi connectivity index (χ1) is 11.4. The van der Waals surface area contributed by atoms with Crippen molar-refractivity contribution in [1.29, 1.82) is 0 Å². The molecule has 0 saturated heterocycles. The number of non-ortho nitro benzene ring substituents is 1. The Morgan fingerprint density at radius 3 is 2.12 bits per heavy atom. The summed E-state index contributed by atoms with van der Waals surface area (Å²) < 4.78 is 0. The average molecular weight is 327 g/mol. The molecular weight excluding hydrogens is 310 g/mol. The molecule has 2 rings (SSSR count). The zero-order valence-electron chi connectivity index (χ0n) is 13.3. The number of nitrogens with one attached hydrogen (secondary N) is 2. The number of nitrogens with zero attached hydrogens (tertiary/aromatic N) is 1. The summed E-state index contributed by atoms with van der Waals surface area (Å²) in [5.74, 6) is -1.46. The van der Waals surface area contributed by atoms with Crippen LogP contribution in [0.3, 0.4) is 0 Å². The highest BCUT2D eigenvalue weighted by Crippen LogP contribution is 2.23. The summed E-state index contributed by atoms with van der Waals surface area (Å²) in [5.41, 5.74) is 1.71. The van der Waals surface area contributed by atoms with Crippen LogP contribution in [0.15, 0.2) is 48.5 Å². The molecule has 0 spiro atoms. The number of carbonyl (C=O) groups is 2. The minimum atomic E-state index is -0.845. The molecule has 0 aliphatic heterocycles. The molecular formula is C17H17N3O4. The molecule has 0 aromatic heterocycles. The lowest BCUT2D eigenvalue weighted by Gasteiger charge is -2.13. The molecule has 2 N–H and O–H groups in total. The monoisotopic (exact) mass is 327 g/mol. The molecule has 0 fully saturated rings. The van der Waals surface area contributed by atoms with Gasteiger partial charge >= 0.3 is 11.8 Å². The number of benzene rings is 2. The Balaban J connectivity index is 2.05. The van der Waals surface area contributed by atoms with Crippen LogP contribution in [0.5, 0.6) is 0 Å². The number of para-hydroxylation sites is 1. The largest absolute Gasteiger partial charge is 0.318 e. The minimum Gasteiger partial charge on any atom is -0.318 e. The molecule has 2 aromatic rings. The number of amides is 2. The molecule has 0 radical (unpaired) electrons. The van der Waals surface area contributed by atoms with Gasteiger partial charge in [-0.15, -0.1) is 0 Å². The number of hydrogen-bond donors (Lipinski definition) is 2. The highest BCUT2D eigenvalue weighted by atomic mass is 16.6. The Bertz CT molecular complexity index is 770. The van der Waals surface area contributed by atoms with Gasteiger partial charge in [-0.2, -0.15) is 0 Å². The van der Waals surface area contributed by atoms with Gasteiger partial charge in [-0.05, 0) is 29.7 Å². The summed E-state index contributed by atoms with van der Waals surface area (Å²) in [4.78, 5) is 34.0. The highest BCUT2D eigenvalue weighted by Gasteiger charge is 2.16. The smallest absolute Gasteiger partial charge is 0.314 e. The van der Waals surface area contributed by atoms with Gasteiger partial charge in [0, 0.05) is 23.5 Å². The first-order valence-corrected chi connectivity index (χ1v) is 7.34. The van der Waals surface area contributed by atoms with E-state index in [4.69, 9.17) is 0 Å². The van der Waals surface area contributed by atoms with Crippen molar-refractivity contribution in [2.24, 2.45) is 0 Å². The van der Waals surface area contributed by atoms with Crippen molar-refractivity contribution in [3.63, 3.8) is 0 Å². The van der Waals surface area contributed by atoms with E-state index in [2.05, 4.69) is 10.6 Å². The van der Waals surface area contributed by atoms with Crippen LogP contribution in [0, 0.1) is 10.1 Å². The van der Waals surface area contributed by atoms with E-state index in [0.29, 0.717) is 11.4 Å². The molecule has 2 amide bonds. The van der Waals surface area contributed by atoms with E-state index in [9.17, 15) is 19.7 Å². The molecule has 0 atom stereocenters. The molecule has 7 heteroatoms. The maximum atomic E-state index is 12.0. The zero-order chi connectivity index (χ0) is 17.7. The first-order valence-electron chi connectivity index (χ1n) is 7.34. The number of rotatable bonds is 4. The second kappa shape index (κ2) is 7.36. The van der Waals surface area contributed by atoms with Gasteiger partial charge in [0.15, 0.2) is 0 Å². The van der Waals surface area contributed by atoms with E-state index in [1.807, 2.05) is 26.0 Å².